The van der Waals surface area contributed by atoms with Gasteiger partial charge in [-0.15, -0.1) is 0 Å². The summed E-state index contributed by atoms with van der Waals surface area (Å²) in [7, 11) is -3.46. The Hall–Kier alpha value is -1.36. The largest absolute Gasteiger partial charge is 0.273 e. The molecule has 17 heavy (non-hydrogen) atoms. The van der Waals surface area contributed by atoms with Gasteiger partial charge in [-0.05, 0) is 31.9 Å². The van der Waals surface area contributed by atoms with Crippen LogP contribution in [0.4, 0.5) is 5.69 Å². The van der Waals surface area contributed by atoms with Crippen LogP contribution in [0.5, 0.6) is 0 Å². The van der Waals surface area contributed by atoms with E-state index in [9.17, 15) is 13.2 Å². The van der Waals surface area contributed by atoms with Crippen molar-refractivity contribution in [1.82, 2.24) is 0 Å². The highest BCUT2D eigenvalue weighted by atomic mass is 32.2. The minimum absolute atomic E-state index is 0.0785. The molecule has 0 aliphatic carbocycles. The zero-order valence-corrected chi connectivity index (χ0v) is 11.0. The van der Waals surface area contributed by atoms with Crippen molar-refractivity contribution in [1.29, 1.82) is 0 Å². The third kappa shape index (κ3) is 1.95. The van der Waals surface area contributed by atoms with Crippen molar-refractivity contribution in [3.05, 3.63) is 28.8 Å². The van der Waals surface area contributed by atoms with Crippen molar-refractivity contribution in [2.24, 2.45) is 0 Å². The highest BCUT2D eigenvalue weighted by Gasteiger charge is 2.37. The molecule has 2 rings (SSSR count). The van der Waals surface area contributed by atoms with Gasteiger partial charge in [0.25, 0.3) is 0 Å². The SMILES string of the molecule is Cc1cc(C)c(N2C(=O)CCS2(=O)=O)c(C)c1. The molecule has 0 bridgehead atoms. The van der Waals surface area contributed by atoms with E-state index in [-0.39, 0.29) is 18.1 Å². The molecular formula is C12H15NO3S. The summed E-state index contributed by atoms with van der Waals surface area (Å²) in [6, 6.07) is 3.78. The molecule has 0 spiro atoms. The van der Waals surface area contributed by atoms with Crippen LogP contribution in [0.25, 0.3) is 0 Å². The lowest BCUT2D eigenvalue weighted by molar-refractivity contribution is -0.116. The number of hydrogen-bond donors (Lipinski definition) is 0. The number of nitrogens with zero attached hydrogens (tertiary/aromatic N) is 1. The molecular weight excluding hydrogens is 238 g/mol. The number of amides is 1. The first-order chi connectivity index (χ1) is 7.83. The van der Waals surface area contributed by atoms with Gasteiger partial charge < -0.3 is 0 Å². The van der Waals surface area contributed by atoms with Crippen LogP contribution in [-0.2, 0) is 14.8 Å². The van der Waals surface area contributed by atoms with E-state index in [2.05, 4.69) is 0 Å². The van der Waals surface area contributed by atoms with E-state index in [4.69, 9.17) is 0 Å². The topological polar surface area (TPSA) is 54.5 Å². The lowest BCUT2D eigenvalue weighted by Crippen LogP contribution is -2.30. The number of carbonyl (C=O) groups is 1. The van der Waals surface area contributed by atoms with Crippen molar-refractivity contribution in [3.63, 3.8) is 0 Å². The van der Waals surface area contributed by atoms with E-state index in [1.807, 2.05) is 32.9 Å². The summed E-state index contributed by atoms with van der Waals surface area (Å²) in [5.41, 5.74) is 3.23. The van der Waals surface area contributed by atoms with Gasteiger partial charge in [0, 0.05) is 6.42 Å². The molecule has 0 aromatic heterocycles. The first-order valence-electron chi connectivity index (χ1n) is 5.46. The molecule has 1 saturated heterocycles. The minimum atomic E-state index is -3.46. The first kappa shape index (κ1) is 12.1. The van der Waals surface area contributed by atoms with Gasteiger partial charge in [-0.25, -0.2) is 12.7 Å². The Morgan fingerprint density at radius 2 is 1.65 bits per heavy atom. The normalized spacial score (nSPS) is 18.8. The summed E-state index contributed by atoms with van der Waals surface area (Å²) in [5, 5.41) is 0. The number of rotatable bonds is 1. The second-order valence-corrected chi connectivity index (χ2v) is 6.41. The average Bonchev–Trinajstić information content (AvgIpc) is 2.43. The number of hydrogen-bond acceptors (Lipinski definition) is 3. The van der Waals surface area contributed by atoms with Gasteiger partial charge in [0.15, 0.2) is 0 Å². The van der Waals surface area contributed by atoms with Gasteiger partial charge >= 0.3 is 0 Å². The molecule has 0 N–H and O–H groups in total. The monoisotopic (exact) mass is 253 g/mol. The van der Waals surface area contributed by atoms with Crippen molar-refractivity contribution in [3.8, 4) is 0 Å². The van der Waals surface area contributed by atoms with E-state index in [1.54, 1.807) is 0 Å². The summed E-state index contributed by atoms with van der Waals surface area (Å²) in [6.07, 6.45) is 0.0785. The highest BCUT2D eigenvalue weighted by Crippen LogP contribution is 2.32. The Labute approximate surface area is 101 Å². The van der Waals surface area contributed by atoms with E-state index in [1.165, 1.54) is 0 Å². The van der Waals surface area contributed by atoms with Gasteiger partial charge in [0.05, 0.1) is 11.4 Å². The maximum Gasteiger partial charge on any atom is 0.242 e. The molecule has 0 saturated carbocycles. The Bertz CT molecular complexity index is 567. The highest BCUT2D eigenvalue weighted by molar-refractivity contribution is 7.94. The number of sulfonamides is 1. The molecule has 0 atom stereocenters. The predicted molar refractivity (Wildman–Crippen MR) is 66.5 cm³/mol. The summed E-state index contributed by atoms with van der Waals surface area (Å²) in [5.74, 6) is -0.418. The molecule has 1 aromatic carbocycles. The fraction of sp³-hybridized carbons (Fsp3) is 0.417. The standard InChI is InChI=1S/C12H15NO3S/c1-8-6-9(2)12(10(3)7-8)13-11(14)4-5-17(13,15)16/h6-7H,4-5H2,1-3H3. The zero-order chi connectivity index (χ0) is 12.8. The van der Waals surface area contributed by atoms with Gasteiger partial charge in [-0.3, -0.25) is 4.79 Å². The summed E-state index contributed by atoms with van der Waals surface area (Å²) in [6.45, 7) is 5.61. The van der Waals surface area contributed by atoms with Crippen LogP contribution in [0.1, 0.15) is 23.1 Å². The second-order valence-electron chi connectivity index (χ2n) is 4.47. The predicted octanol–water partition coefficient (Wildman–Crippen LogP) is 1.68. The van der Waals surface area contributed by atoms with Crippen LogP contribution in [0.3, 0.4) is 0 Å². The Morgan fingerprint density at radius 3 is 2.06 bits per heavy atom. The third-order valence-corrected chi connectivity index (χ3v) is 4.58. The number of anilines is 1. The molecule has 1 aliphatic heterocycles. The quantitative estimate of drug-likeness (QED) is 0.765. The lowest BCUT2D eigenvalue weighted by atomic mass is 10.1. The number of carbonyl (C=O) groups excluding carboxylic acids is 1. The molecule has 0 unspecified atom stereocenters. The summed E-state index contributed by atoms with van der Waals surface area (Å²) < 4.78 is 24.7. The minimum Gasteiger partial charge on any atom is -0.273 e. The van der Waals surface area contributed by atoms with E-state index in [0.29, 0.717) is 5.69 Å². The second kappa shape index (κ2) is 3.84. The van der Waals surface area contributed by atoms with Crippen LogP contribution in [-0.4, -0.2) is 20.1 Å². The van der Waals surface area contributed by atoms with Crippen LogP contribution < -0.4 is 4.31 Å². The van der Waals surface area contributed by atoms with Crippen LogP contribution in [0.15, 0.2) is 12.1 Å². The molecule has 0 radical (unpaired) electrons. The van der Waals surface area contributed by atoms with Crippen molar-refractivity contribution >= 4 is 21.6 Å². The average molecular weight is 253 g/mol. The lowest BCUT2D eigenvalue weighted by Gasteiger charge is -2.20. The molecule has 1 aromatic rings. The maximum absolute atomic E-state index is 11.9. The maximum atomic E-state index is 11.9. The van der Waals surface area contributed by atoms with E-state index >= 15 is 0 Å². The van der Waals surface area contributed by atoms with Crippen molar-refractivity contribution in [2.75, 3.05) is 10.1 Å². The van der Waals surface area contributed by atoms with Crippen LogP contribution >= 0.6 is 0 Å². The third-order valence-electron chi connectivity index (χ3n) is 2.92. The fourth-order valence-corrected chi connectivity index (χ4v) is 3.90. The smallest absolute Gasteiger partial charge is 0.242 e. The molecule has 5 heteroatoms. The van der Waals surface area contributed by atoms with E-state index < -0.39 is 10.0 Å². The van der Waals surface area contributed by atoms with Gasteiger partial charge in [0.1, 0.15) is 0 Å². The van der Waals surface area contributed by atoms with Gasteiger partial charge in [-0.1, -0.05) is 17.7 Å². The Balaban J connectivity index is 2.66. The first-order valence-corrected chi connectivity index (χ1v) is 7.07. The molecule has 1 amide bonds. The Kier molecular flexibility index (Phi) is 2.73. The van der Waals surface area contributed by atoms with Crippen molar-refractivity contribution < 1.29 is 13.2 Å². The number of benzene rings is 1. The molecule has 4 nitrogen and oxygen atoms in total. The van der Waals surface area contributed by atoms with Gasteiger partial charge in [-0.2, -0.15) is 0 Å². The molecule has 1 heterocycles. The molecule has 1 fully saturated rings. The fourth-order valence-electron chi connectivity index (χ4n) is 2.32. The van der Waals surface area contributed by atoms with Crippen molar-refractivity contribution in [2.45, 2.75) is 27.2 Å². The van der Waals surface area contributed by atoms with E-state index in [0.717, 1.165) is 21.0 Å². The molecule has 92 valence electrons. The Morgan fingerprint density at radius 1 is 1.12 bits per heavy atom. The van der Waals surface area contributed by atoms with Crippen LogP contribution in [0.2, 0.25) is 0 Å². The molecule has 1 aliphatic rings. The van der Waals surface area contributed by atoms with Crippen LogP contribution in [0, 0.1) is 20.8 Å². The van der Waals surface area contributed by atoms with Gasteiger partial charge in [0.2, 0.25) is 15.9 Å². The summed E-state index contributed by atoms with van der Waals surface area (Å²) >= 11 is 0. The number of aryl methyl sites for hydroxylation is 3. The summed E-state index contributed by atoms with van der Waals surface area (Å²) in [4.78, 5) is 11.7. The zero-order valence-electron chi connectivity index (χ0n) is 10.1.